The lowest BCUT2D eigenvalue weighted by molar-refractivity contribution is 0.436. The minimum atomic E-state index is -0.161. The summed E-state index contributed by atoms with van der Waals surface area (Å²) in [7, 11) is 0. The molecule has 0 spiro atoms. The third-order valence-corrected chi connectivity index (χ3v) is 11.9. The van der Waals surface area contributed by atoms with Crippen molar-refractivity contribution in [3.05, 3.63) is 161 Å². The molecular weight excluding hydrogens is 633 g/mol. The summed E-state index contributed by atoms with van der Waals surface area (Å²) in [5.74, 6) is 2.01. The van der Waals surface area contributed by atoms with Crippen LogP contribution in [0.5, 0.6) is 11.5 Å². The van der Waals surface area contributed by atoms with Gasteiger partial charge in [-0.1, -0.05) is 84.9 Å². The maximum absolute atomic E-state index is 7.62. The molecule has 0 atom stereocenters. The van der Waals surface area contributed by atoms with Crippen molar-refractivity contribution in [3.8, 4) is 11.5 Å². The zero-order chi connectivity index (χ0) is 34.9. The van der Waals surface area contributed by atoms with Gasteiger partial charge in [0.25, 0.3) is 0 Å². The quantitative estimate of drug-likeness (QED) is 0.134. The van der Waals surface area contributed by atoms with Crippen LogP contribution in [0.1, 0.15) is 44.4 Å². The summed E-state index contributed by atoms with van der Waals surface area (Å²) in [6, 6.07) is 48.9. The number of anilines is 2. The second-order valence-corrected chi connectivity index (χ2v) is 16.2. The predicted octanol–water partition coefficient (Wildman–Crippen LogP) is 10.8. The van der Waals surface area contributed by atoms with E-state index in [1.165, 1.54) is 87.4 Å². The summed E-state index contributed by atoms with van der Waals surface area (Å²) in [5, 5.41) is 12.5. The fourth-order valence-electron chi connectivity index (χ4n) is 9.71. The highest BCUT2D eigenvalue weighted by molar-refractivity contribution is 6.12. The molecular formula is C49H39N2O+. The average Bonchev–Trinajstić information content (AvgIpc) is 3.62. The van der Waals surface area contributed by atoms with E-state index in [1.807, 2.05) is 0 Å². The van der Waals surface area contributed by atoms with Crippen molar-refractivity contribution in [3.63, 3.8) is 0 Å². The Labute approximate surface area is 303 Å². The van der Waals surface area contributed by atoms with Gasteiger partial charge in [-0.3, -0.25) is 0 Å². The molecule has 0 unspecified atom stereocenters. The number of hydrogen-bond donors (Lipinski definition) is 0. The van der Waals surface area contributed by atoms with Gasteiger partial charge in [-0.2, -0.15) is 4.58 Å². The van der Waals surface area contributed by atoms with E-state index in [2.05, 4.69) is 177 Å². The molecule has 0 saturated heterocycles. The van der Waals surface area contributed by atoms with E-state index in [9.17, 15) is 0 Å². The van der Waals surface area contributed by atoms with Gasteiger partial charge in [-0.25, -0.2) is 0 Å². The van der Waals surface area contributed by atoms with Crippen LogP contribution in [0.2, 0.25) is 0 Å². The lowest BCUT2D eigenvalue weighted by Crippen LogP contribution is -2.37. The van der Waals surface area contributed by atoms with Crippen molar-refractivity contribution in [2.45, 2.75) is 45.1 Å². The van der Waals surface area contributed by atoms with Crippen LogP contribution in [0.15, 0.2) is 133 Å². The lowest BCUT2D eigenvalue weighted by Gasteiger charge is -2.35. The monoisotopic (exact) mass is 671 g/mol. The first-order chi connectivity index (χ1) is 25.3. The fourth-order valence-corrected chi connectivity index (χ4v) is 9.71. The zero-order valence-electron chi connectivity index (χ0n) is 30.0. The highest BCUT2D eigenvalue weighted by Gasteiger charge is 2.46. The molecule has 250 valence electrons. The van der Waals surface area contributed by atoms with Crippen LogP contribution >= 0.6 is 0 Å². The first kappa shape index (κ1) is 29.8. The van der Waals surface area contributed by atoms with Crippen molar-refractivity contribution in [1.82, 2.24) is 4.58 Å². The summed E-state index contributed by atoms with van der Waals surface area (Å²) in [4.78, 5) is 2.57. The van der Waals surface area contributed by atoms with Gasteiger partial charge in [0, 0.05) is 51.5 Å². The van der Waals surface area contributed by atoms with Crippen LogP contribution < -0.4 is 24.8 Å². The van der Waals surface area contributed by atoms with Crippen LogP contribution in [-0.2, 0) is 11.8 Å². The van der Waals surface area contributed by atoms with Crippen molar-refractivity contribution < 1.29 is 4.74 Å². The molecule has 3 aliphatic rings. The van der Waals surface area contributed by atoms with E-state index >= 15 is 0 Å². The maximum Gasteiger partial charge on any atom is 0.221 e. The third-order valence-electron chi connectivity index (χ3n) is 11.9. The van der Waals surface area contributed by atoms with Gasteiger partial charge in [-0.05, 0) is 102 Å². The minimum Gasteiger partial charge on any atom is -0.455 e. The topological polar surface area (TPSA) is 15.5 Å². The van der Waals surface area contributed by atoms with E-state index in [0.29, 0.717) is 0 Å². The molecule has 0 N–H and O–H groups in total. The fraction of sp³-hybridized carbons (Fsp3) is 0.163. The number of benzene rings is 8. The van der Waals surface area contributed by atoms with Crippen LogP contribution in [0.3, 0.4) is 0 Å². The van der Waals surface area contributed by atoms with Gasteiger partial charge >= 0.3 is 0 Å². The molecule has 3 heterocycles. The molecule has 0 amide bonds. The standard InChI is InChI=1S/C49H39N2O/c1-48(2)29-50(34-19-7-5-8-20-34)45-39-26-33-18-14-12-16-31(33)24-37(39)41-27-40-36-23-30-15-11-13-17-32(30)25-38(36)44-42(46(40)52-47(41)43(45)48)28-49(3,4)51(44)35-21-9-6-10-22-35/h5-27H,28-29H2,1-4H3/q+1. The summed E-state index contributed by atoms with van der Waals surface area (Å²) in [6.45, 7) is 10.4. The van der Waals surface area contributed by atoms with E-state index in [-0.39, 0.29) is 11.0 Å². The Kier molecular flexibility index (Phi) is 5.91. The SMILES string of the molecule is CC1(C)C[N+](c2ccccc2)=c2c1c1c(c3cc4ccccc4cc23)=Cc2c(c3c(c4cc5ccccc5cc24)N(c2ccccc2)C(C)(C)C3)O1. The van der Waals surface area contributed by atoms with Gasteiger partial charge in [0.2, 0.25) is 11.0 Å². The highest BCUT2D eigenvalue weighted by atomic mass is 16.5. The van der Waals surface area contributed by atoms with Crippen molar-refractivity contribution in [1.29, 1.82) is 0 Å². The summed E-state index contributed by atoms with van der Waals surface area (Å²) in [6.07, 6.45) is 3.35. The molecule has 0 radical (unpaired) electrons. The molecule has 52 heavy (non-hydrogen) atoms. The molecule has 3 aliphatic heterocycles. The summed E-state index contributed by atoms with van der Waals surface area (Å²) < 4.78 is 10.1. The number of hydrogen-bond acceptors (Lipinski definition) is 2. The van der Waals surface area contributed by atoms with Crippen molar-refractivity contribution >= 4 is 66.2 Å². The largest absolute Gasteiger partial charge is 0.455 e. The number of fused-ring (bicyclic) bond motifs is 14. The third kappa shape index (κ3) is 4.05. The normalized spacial score (nSPS) is 16.5. The Balaban J connectivity index is 1.33. The van der Waals surface area contributed by atoms with E-state index in [4.69, 9.17) is 4.74 Å². The van der Waals surface area contributed by atoms with E-state index in [0.717, 1.165) is 24.5 Å². The number of para-hydroxylation sites is 2. The molecule has 0 fully saturated rings. The van der Waals surface area contributed by atoms with Gasteiger partial charge in [-0.15, -0.1) is 0 Å². The van der Waals surface area contributed by atoms with Crippen LogP contribution in [0.25, 0.3) is 49.2 Å². The Morgan fingerprint density at radius 2 is 1.15 bits per heavy atom. The van der Waals surface area contributed by atoms with Crippen LogP contribution in [0.4, 0.5) is 17.1 Å². The van der Waals surface area contributed by atoms with Crippen LogP contribution in [0, 0.1) is 0 Å². The molecule has 0 saturated carbocycles. The molecule has 0 bridgehead atoms. The molecule has 3 nitrogen and oxygen atoms in total. The lowest BCUT2D eigenvalue weighted by atomic mass is 9.82. The molecule has 11 rings (SSSR count). The minimum absolute atomic E-state index is 0.158. The average molecular weight is 672 g/mol. The second-order valence-electron chi connectivity index (χ2n) is 16.2. The first-order valence-electron chi connectivity index (χ1n) is 18.5. The van der Waals surface area contributed by atoms with Crippen molar-refractivity contribution in [2.24, 2.45) is 0 Å². The molecule has 8 aromatic carbocycles. The van der Waals surface area contributed by atoms with E-state index in [1.54, 1.807) is 0 Å². The maximum atomic E-state index is 7.62. The number of ether oxygens (including phenoxy) is 1. The number of nitrogens with zero attached hydrogens (tertiary/aromatic N) is 2. The summed E-state index contributed by atoms with van der Waals surface area (Å²) >= 11 is 0. The Hall–Kier alpha value is -5.93. The van der Waals surface area contributed by atoms with Gasteiger partial charge in [0.1, 0.15) is 11.5 Å². The van der Waals surface area contributed by atoms with Gasteiger partial charge < -0.3 is 9.64 Å². The van der Waals surface area contributed by atoms with Crippen LogP contribution in [-0.4, -0.2) is 12.1 Å². The van der Waals surface area contributed by atoms with Gasteiger partial charge in [0.05, 0.1) is 22.1 Å². The Bertz CT molecular complexity index is 2980. The Morgan fingerprint density at radius 3 is 1.81 bits per heavy atom. The molecule has 8 aromatic rings. The molecule has 0 aliphatic carbocycles. The molecule has 3 heteroatoms. The summed E-state index contributed by atoms with van der Waals surface area (Å²) in [5.41, 5.74) is 7.13. The van der Waals surface area contributed by atoms with Crippen molar-refractivity contribution in [2.75, 3.05) is 11.4 Å². The predicted molar refractivity (Wildman–Crippen MR) is 217 cm³/mol. The molecule has 0 aromatic heterocycles. The zero-order valence-corrected chi connectivity index (χ0v) is 30.0. The smallest absolute Gasteiger partial charge is 0.221 e. The Morgan fingerprint density at radius 1 is 0.596 bits per heavy atom. The van der Waals surface area contributed by atoms with Gasteiger partial charge in [0.15, 0.2) is 6.54 Å². The second kappa shape index (κ2) is 10.3. The first-order valence-corrected chi connectivity index (χ1v) is 18.5. The number of rotatable bonds is 2. The highest BCUT2D eigenvalue weighted by Crippen LogP contribution is 2.55. The van der Waals surface area contributed by atoms with E-state index < -0.39 is 0 Å².